The van der Waals surface area contributed by atoms with Gasteiger partial charge in [-0.3, -0.25) is 0 Å². The van der Waals surface area contributed by atoms with Gasteiger partial charge in [-0.25, -0.2) is 0 Å². The van der Waals surface area contributed by atoms with Gasteiger partial charge in [0.15, 0.2) is 0 Å². The molecule has 0 amide bonds. The molecule has 0 aromatic heterocycles. The van der Waals surface area contributed by atoms with Gasteiger partial charge in [-0.15, -0.1) is 0 Å². The average Bonchev–Trinajstić information content (AvgIpc) is 1.00. The third-order valence-electron chi connectivity index (χ3n) is 0. The van der Waals surface area contributed by atoms with Crippen molar-refractivity contribution in [2.75, 3.05) is 0 Å². The van der Waals surface area contributed by atoms with Gasteiger partial charge in [0.1, 0.15) is 0 Å². The summed E-state index contributed by atoms with van der Waals surface area (Å²) in [5, 5.41) is 6.25. The van der Waals surface area contributed by atoms with Crippen molar-refractivity contribution in [1.29, 1.82) is 5.26 Å². The molecule has 1 nitrogen and oxygen atoms in total. The van der Waals surface area contributed by atoms with Gasteiger partial charge < -0.3 is 14.7 Å². The van der Waals surface area contributed by atoms with Crippen molar-refractivity contribution in [1.82, 2.24) is 0 Å². The van der Waals surface area contributed by atoms with Gasteiger partial charge in [0, 0.05) is 0 Å². The number of nitrogens with zero attached hydrogens (tertiary/aromatic N) is 1. The van der Waals surface area contributed by atoms with Crippen LogP contribution >= 0.6 is 0 Å². The van der Waals surface area contributed by atoms with Crippen molar-refractivity contribution in [3.63, 3.8) is 0 Å². The summed E-state index contributed by atoms with van der Waals surface area (Å²) in [6.07, 6.45) is 0. The Morgan fingerprint density at radius 1 is 1.20 bits per heavy atom. The minimum Gasteiger partial charge on any atom is -1.00 e. The minimum absolute atomic E-state index is 0. The second-order valence-corrected chi connectivity index (χ2v) is 0. The molecule has 0 saturated carbocycles. The smallest absolute Gasteiger partial charge is 1.00 e. The fourth-order valence-electron chi connectivity index (χ4n) is 0. The molecule has 0 saturated heterocycles. The molecule has 0 atom stereocenters. The predicted octanol–water partition coefficient (Wildman–Crippen LogP) is -8.67. The van der Waals surface area contributed by atoms with Crippen molar-refractivity contribution in [2.24, 2.45) is 0 Å². The maximum absolute atomic E-state index is 6.25. The molecule has 5 heavy (non-hydrogen) atoms. The summed E-state index contributed by atoms with van der Waals surface area (Å²) in [5.41, 5.74) is 0. The van der Waals surface area contributed by atoms with Crippen molar-refractivity contribution in [2.45, 2.75) is 0 Å². The summed E-state index contributed by atoms with van der Waals surface area (Å²) in [6.45, 7) is 4.75. The third-order valence-corrected chi connectivity index (χ3v) is 0. The van der Waals surface area contributed by atoms with Crippen molar-refractivity contribution in [3.8, 4) is 0 Å². The van der Waals surface area contributed by atoms with Gasteiger partial charge in [0.25, 0.3) is 0 Å². The van der Waals surface area contributed by atoms with E-state index in [0.717, 1.165) is 0 Å². The van der Waals surface area contributed by atoms with Crippen LogP contribution in [0.1, 0.15) is 2.85 Å². The fraction of sp³-hybridized carbons (Fsp3) is 0. The van der Waals surface area contributed by atoms with Gasteiger partial charge in [0.05, 0.1) is 0 Å². The molecular weight excluding hydrogens is 127 g/mol. The quantitative estimate of drug-likeness (QED) is 0.235. The van der Waals surface area contributed by atoms with E-state index in [9.17, 15) is 0 Å². The number of hydrogen-bond acceptors (Lipinski definition) is 1. The first-order valence-corrected chi connectivity index (χ1v) is 0.224. The molecule has 0 radical (unpaired) electrons. The van der Waals surface area contributed by atoms with E-state index in [2.05, 4.69) is 0 Å². The monoisotopic (exact) mass is 129 g/mol. The van der Waals surface area contributed by atoms with Crippen LogP contribution in [-0.2, 0) is 0 Å². The first kappa shape index (κ1) is 23.3. The van der Waals surface area contributed by atoms with E-state index < -0.39 is 0 Å². The molecule has 0 fully saturated rings. The van der Waals surface area contributed by atoms with E-state index in [0.29, 0.717) is 0 Å². The summed E-state index contributed by atoms with van der Waals surface area (Å²) in [7, 11) is 0. The number of hydrogen-bond donors (Lipinski definition) is 0. The van der Waals surface area contributed by atoms with E-state index in [1.165, 1.54) is 0 Å². The van der Waals surface area contributed by atoms with Gasteiger partial charge >= 0.3 is 132 Å². The van der Waals surface area contributed by atoms with Crippen LogP contribution in [0.25, 0.3) is 0 Å². The van der Waals surface area contributed by atoms with Crippen LogP contribution in [0.3, 0.4) is 0 Å². The molecule has 14 valence electrons. The molecule has 0 aromatic carbocycles. The van der Waals surface area contributed by atoms with Crippen molar-refractivity contribution < 1.29 is 135 Å². The Balaban J connectivity index is -0.000000000500. The van der Waals surface area contributed by atoms with Gasteiger partial charge in [-0.1, -0.05) is 0 Å². The van der Waals surface area contributed by atoms with Gasteiger partial charge in [-0.05, 0) is 0 Å². The maximum Gasteiger partial charge on any atom is 1.00 e. The Labute approximate surface area is 142 Å². The first-order chi connectivity index (χ1) is 1.00. The van der Waals surface area contributed by atoms with Crippen LogP contribution in [0.15, 0.2) is 0 Å². The van der Waals surface area contributed by atoms with Gasteiger partial charge in [-0.2, -0.15) is 0 Å². The first-order valence-electron chi connectivity index (χ1n) is 0.224. The molecule has 0 rings (SSSR count). The second kappa shape index (κ2) is 25.1. The zero-order valence-electron chi connectivity index (χ0n) is 5.95. The fourth-order valence-corrected chi connectivity index (χ4v) is 0. The van der Waals surface area contributed by atoms with Crippen LogP contribution in [0.2, 0.25) is 0 Å². The Kier molecular flexibility index (Phi) is 117. The normalized spacial score (nSPS) is 0.400. The van der Waals surface area contributed by atoms with E-state index >= 15 is 0 Å². The van der Waals surface area contributed by atoms with Crippen LogP contribution in [0.4, 0.5) is 0 Å². The third kappa shape index (κ3) is 18.2. The Bertz CT molecular complexity index is 20.4. The molecule has 0 heterocycles. The van der Waals surface area contributed by atoms with Crippen LogP contribution < -0.4 is 132 Å². The molecule has 4 heteroatoms. The second-order valence-electron chi connectivity index (χ2n) is 0. The molecule has 0 unspecified atom stereocenters. The molecule has 0 aliphatic carbocycles. The topological polar surface area (TPSA) is 23.8 Å². The molecule has 0 aliphatic rings. The summed E-state index contributed by atoms with van der Waals surface area (Å²) in [5.74, 6) is 0. The zero-order valence-corrected chi connectivity index (χ0v) is 12.2. The molecule has 0 aliphatic heterocycles. The minimum atomic E-state index is 0. The van der Waals surface area contributed by atoms with Crippen LogP contribution in [0.5, 0.6) is 0 Å². The van der Waals surface area contributed by atoms with E-state index in [4.69, 9.17) is 11.8 Å². The zero-order chi connectivity index (χ0) is 2.00. The molecule has 0 aromatic rings. The van der Waals surface area contributed by atoms with Crippen molar-refractivity contribution >= 4 is 0 Å². The molecule has 0 N–H and O–H groups in total. The average molecular weight is 129 g/mol. The SMILES string of the molecule is [C-]#N.[H-].[H-].[K+].[K+].[Na+]. The van der Waals surface area contributed by atoms with Gasteiger partial charge in [0.2, 0.25) is 0 Å². The van der Waals surface area contributed by atoms with Crippen LogP contribution in [-0.4, -0.2) is 0 Å². The van der Waals surface area contributed by atoms with E-state index in [-0.39, 0.29) is 135 Å². The summed E-state index contributed by atoms with van der Waals surface area (Å²) in [4.78, 5) is 0. The standard InChI is InChI=1S/CN.2K.Na.2H/c1-2;;;;;/q-1;3*+1;2*-1. The van der Waals surface area contributed by atoms with Crippen LogP contribution in [0, 0.1) is 11.8 Å². The Morgan fingerprint density at radius 2 is 1.20 bits per heavy atom. The van der Waals surface area contributed by atoms with E-state index in [1.807, 2.05) is 0 Å². The molecular formula is CH2K2NNa. The Hall–Kier alpha value is 3.76. The van der Waals surface area contributed by atoms with E-state index in [1.54, 1.807) is 0 Å². The summed E-state index contributed by atoms with van der Waals surface area (Å²) < 4.78 is 0. The molecule has 0 spiro atoms. The Morgan fingerprint density at radius 3 is 1.20 bits per heavy atom. The largest absolute Gasteiger partial charge is 1.00 e. The number of rotatable bonds is 0. The summed E-state index contributed by atoms with van der Waals surface area (Å²) >= 11 is 0. The maximum atomic E-state index is 6.25. The predicted molar refractivity (Wildman–Crippen MR) is 7.19 cm³/mol. The molecule has 0 bridgehead atoms. The summed E-state index contributed by atoms with van der Waals surface area (Å²) in [6, 6.07) is 0. The van der Waals surface area contributed by atoms with Crippen molar-refractivity contribution in [3.05, 3.63) is 6.57 Å².